The molecule has 3 heterocycles. The number of furan rings is 1. The molecule has 0 fully saturated rings. The van der Waals surface area contributed by atoms with Gasteiger partial charge in [-0.1, -0.05) is 133 Å². The molecule has 0 aliphatic carbocycles. The van der Waals surface area contributed by atoms with Crippen molar-refractivity contribution < 1.29 is 4.42 Å². The normalized spacial score (nSPS) is 11.9. The van der Waals surface area contributed by atoms with Gasteiger partial charge in [0.15, 0.2) is 5.58 Å². The zero-order valence-electron chi connectivity index (χ0n) is 30.2. The highest BCUT2D eigenvalue weighted by molar-refractivity contribution is 7.26. The maximum absolute atomic E-state index is 6.66. The summed E-state index contributed by atoms with van der Waals surface area (Å²) in [7, 11) is 0. The summed E-state index contributed by atoms with van der Waals surface area (Å²) in [6.45, 7) is 0. The lowest BCUT2D eigenvalue weighted by atomic mass is 10.00. The highest BCUT2D eigenvalue weighted by Crippen LogP contribution is 2.47. The topological polar surface area (TPSA) is 21.3 Å². The Hall–Kier alpha value is -7.14. The summed E-state index contributed by atoms with van der Waals surface area (Å²) in [5.41, 5.74) is 10.9. The number of hydrogen-bond acceptors (Lipinski definition) is 3. The SMILES string of the molecule is c1ccc2c(N(c3ccc(-c4cc(-n5c6ccccc6c6ccccc65)cc5c4sc4ccccc45)cc3)c3cccc4c3oc3ccccc34)cccc2c1. The predicted octanol–water partition coefficient (Wildman–Crippen LogP) is 15.3. The Kier molecular flexibility index (Phi) is 6.80. The molecular weight excluding hydrogens is 701 g/mol. The minimum atomic E-state index is 0.872. The van der Waals surface area contributed by atoms with E-state index in [4.69, 9.17) is 4.42 Å². The van der Waals surface area contributed by atoms with Crippen molar-refractivity contribution in [2.45, 2.75) is 0 Å². The lowest BCUT2D eigenvalue weighted by Crippen LogP contribution is -2.10. The molecule has 3 aromatic heterocycles. The van der Waals surface area contributed by atoms with Crippen molar-refractivity contribution in [1.29, 1.82) is 0 Å². The lowest BCUT2D eigenvalue weighted by molar-refractivity contribution is 0.669. The average molecular weight is 733 g/mol. The van der Waals surface area contributed by atoms with E-state index in [0.29, 0.717) is 0 Å². The molecule has 0 N–H and O–H groups in total. The first-order valence-electron chi connectivity index (χ1n) is 19.0. The summed E-state index contributed by atoms with van der Waals surface area (Å²) in [6.07, 6.45) is 0. The monoisotopic (exact) mass is 732 g/mol. The van der Waals surface area contributed by atoms with Crippen LogP contribution < -0.4 is 4.90 Å². The summed E-state index contributed by atoms with van der Waals surface area (Å²) < 4.78 is 11.7. The van der Waals surface area contributed by atoms with Gasteiger partial charge in [0, 0.05) is 64.0 Å². The van der Waals surface area contributed by atoms with Crippen molar-refractivity contribution in [3.05, 3.63) is 194 Å². The molecule has 0 radical (unpaired) electrons. The molecule has 4 heteroatoms. The molecule has 0 saturated heterocycles. The van der Waals surface area contributed by atoms with Crippen molar-refractivity contribution in [2.75, 3.05) is 4.90 Å². The Labute approximate surface area is 326 Å². The van der Waals surface area contributed by atoms with Crippen molar-refractivity contribution in [3.63, 3.8) is 0 Å². The van der Waals surface area contributed by atoms with Gasteiger partial charge in [0.05, 0.1) is 22.4 Å². The van der Waals surface area contributed by atoms with Crippen LogP contribution in [0.1, 0.15) is 0 Å². The number of benzene rings is 9. The van der Waals surface area contributed by atoms with Crippen molar-refractivity contribution in [3.8, 4) is 16.8 Å². The van der Waals surface area contributed by atoms with Crippen LogP contribution in [0.25, 0.3) is 91.5 Å². The number of aromatic nitrogens is 1. The second kappa shape index (κ2) is 12.2. The molecule has 0 unspecified atom stereocenters. The molecule has 9 aromatic carbocycles. The Morgan fingerprint density at radius 2 is 1.05 bits per heavy atom. The Bertz CT molecular complexity index is 3440. The number of fused-ring (bicyclic) bond motifs is 10. The summed E-state index contributed by atoms with van der Waals surface area (Å²) in [5.74, 6) is 0. The van der Waals surface area contributed by atoms with Crippen molar-refractivity contribution in [2.24, 2.45) is 0 Å². The number of hydrogen-bond donors (Lipinski definition) is 0. The third-order valence-electron chi connectivity index (χ3n) is 11.4. The predicted molar refractivity (Wildman–Crippen MR) is 239 cm³/mol. The van der Waals surface area contributed by atoms with Crippen LogP contribution in [-0.4, -0.2) is 4.57 Å². The fourth-order valence-electron chi connectivity index (χ4n) is 8.87. The van der Waals surface area contributed by atoms with Gasteiger partial charge in [-0.05, 0) is 71.6 Å². The van der Waals surface area contributed by atoms with Gasteiger partial charge in [0.1, 0.15) is 5.58 Å². The van der Waals surface area contributed by atoms with Crippen LogP contribution in [0.4, 0.5) is 17.1 Å². The molecule has 0 aliphatic heterocycles. The van der Waals surface area contributed by atoms with E-state index in [1.165, 1.54) is 63.9 Å². The Balaban J connectivity index is 1.09. The number of rotatable bonds is 5. The molecule has 0 bridgehead atoms. The largest absolute Gasteiger partial charge is 0.454 e. The Morgan fingerprint density at radius 1 is 0.446 bits per heavy atom. The van der Waals surface area contributed by atoms with E-state index in [1.807, 2.05) is 17.4 Å². The van der Waals surface area contributed by atoms with Gasteiger partial charge in [0.2, 0.25) is 0 Å². The van der Waals surface area contributed by atoms with Gasteiger partial charge in [-0.25, -0.2) is 0 Å². The summed E-state index contributed by atoms with van der Waals surface area (Å²) >= 11 is 1.87. The Morgan fingerprint density at radius 3 is 1.86 bits per heavy atom. The van der Waals surface area contributed by atoms with E-state index < -0.39 is 0 Å². The van der Waals surface area contributed by atoms with Gasteiger partial charge < -0.3 is 13.9 Å². The van der Waals surface area contributed by atoms with Crippen LogP contribution in [-0.2, 0) is 0 Å². The minimum Gasteiger partial charge on any atom is -0.454 e. The maximum atomic E-state index is 6.66. The standard InChI is InChI=1S/C52H32N2OS/c1-2-15-37-33(13-1)14-11-23-45(37)53(48-24-12-20-42-40-18-5-9-25-49(40)55-51(42)48)35-29-27-34(28-30-35)43-31-36(32-44-41-19-6-10-26-50(41)56-52(43)44)54-46-21-7-3-16-38(46)39-17-4-8-22-47(39)54/h1-32H. The zero-order chi connectivity index (χ0) is 36.7. The lowest BCUT2D eigenvalue weighted by Gasteiger charge is -2.27. The smallest absolute Gasteiger partial charge is 0.159 e. The summed E-state index contributed by atoms with van der Waals surface area (Å²) in [5, 5.41) is 9.68. The maximum Gasteiger partial charge on any atom is 0.159 e. The van der Waals surface area contributed by atoms with Gasteiger partial charge in [-0.3, -0.25) is 0 Å². The van der Waals surface area contributed by atoms with E-state index in [1.54, 1.807) is 0 Å². The van der Waals surface area contributed by atoms with Crippen molar-refractivity contribution in [1.82, 2.24) is 4.57 Å². The highest BCUT2D eigenvalue weighted by Gasteiger charge is 2.22. The molecule has 0 spiro atoms. The first-order valence-corrected chi connectivity index (χ1v) is 19.8. The van der Waals surface area contributed by atoms with E-state index in [2.05, 4.69) is 198 Å². The molecule has 262 valence electrons. The fourth-order valence-corrected chi connectivity index (χ4v) is 10.1. The molecule has 12 aromatic rings. The van der Waals surface area contributed by atoms with Crippen LogP contribution in [0, 0.1) is 0 Å². The van der Waals surface area contributed by atoms with Crippen LogP contribution in [0.3, 0.4) is 0 Å². The molecule has 56 heavy (non-hydrogen) atoms. The number of nitrogens with zero attached hydrogens (tertiary/aromatic N) is 2. The van der Waals surface area contributed by atoms with Crippen LogP contribution in [0.15, 0.2) is 199 Å². The molecule has 0 atom stereocenters. The molecule has 3 nitrogen and oxygen atoms in total. The second-order valence-electron chi connectivity index (χ2n) is 14.5. The first kappa shape index (κ1) is 31.2. The zero-order valence-corrected chi connectivity index (χ0v) is 31.0. The molecule has 0 saturated carbocycles. The second-order valence-corrected chi connectivity index (χ2v) is 15.5. The molecule has 0 amide bonds. The summed E-state index contributed by atoms with van der Waals surface area (Å²) in [4.78, 5) is 2.36. The third kappa shape index (κ3) is 4.63. The first-order chi connectivity index (χ1) is 27.8. The minimum absolute atomic E-state index is 0.872. The number of thiophene rings is 1. The van der Waals surface area contributed by atoms with E-state index in [9.17, 15) is 0 Å². The molecular formula is C52H32N2OS. The van der Waals surface area contributed by atoms with Gasteiger partial charge in [0.25, 0.3) is 0 Å². The van der Waals surface area contributed by atoms with Crippen LogP contribution in [0.2, 0.25) is 0 Å². The van der Waals surface area contributed by atoms with Crippen LogP contribution in [0.5, 0.6) is 0 Å². The van der Waals surface area contributed by atoms with E-state index in [0.717, 1.165) is 44.7 Å². The van der Waals surface area contributed by atoms with Gasteiger partial charge in [-0.15, -0.1) is 11.3 Å². The van der Waals surface area contributed by atoms with Crippen LogP contribution >= 0.6 is 11.3 Å². The third-order valence-corrected chi connectivity index (χ3v) is 12.6. The van der Waals surface area contributed by atoms with Gasteiger partial charge in [-0.2, -0.15) is 0 Å². The van der Waals surface area contributed by atoms with E-state index >= 15 is 0 Å². The average Bonchev–Trinajstić information content (AvgIpc) is 3.94. The quantitative estimate of drug-likeness (QED) is 0.176. The van der Waals surface area contributed by atoms with Gasteiger partial charge >= 0.3 is 0 Å². The fraction of sp³-hybridized carbons (Fsp3) is 0. The van der Waals surface area contributed by atoms with E-state index in [-0.39, 0.29) is 0 Å². The number of anilines is 3. The number of para-hydroxylation sites is 4. The molecule has 12 rings (SSSR count). The highest BCUT2D eigenvalue weighted by atomic mass is 32.1. The van der Waals surface area contributed by atoms with Crippen molar-refractivity contribution >= 4 is 103 Å². The molecule has 0 aliphatic rings. The summed E-state index contributed by atoms with van der Waals surface area (Å²) in [6, 6.07) is 70.2.